The number of piperazine rings is 1. The minimum atomic E-state index is -1.82. The average molecular weight is 453 g/mol. The van der Waals surface area contributed by atoms with Crippen LogP contribution in [0.3, 0.4) is 0 Å². The third-order valence-corrected chi connectivity index (χ3v) is 4.69. The maximum atomic E-state index is 13.7. The molecule has 1 amide bonds. The van der Waals surface area contributed by atoms with Gasteiger partial charge in [0.2, 0.25) is 0 Å². The molecule has 166 valence electrons. The number of carboxylic acid groups (broad SMARTS) is 2. The Morgan fingerprint density at radius 1 is 0.935 bits per heavy atom. The van der Waals surface area contributed by atoms with Crippen molar-refractivity contribution in [1.82, 2.24) is 9.80 Å². The van der Waals surface area contributed by atoms with Crippen LogP contribution >= 0.6 is 11.6 Å². The number of nitrogens with zero attached hydrogens (tertiary/aromatic N) is 2. The van der Waals surface area contributed by atoms with Crippen LogP contribution in [0.15, 0.2) is 48.5 Å². The zero-order valence-electron chi connectivity index (χ0n) is 16.5. The molecule has 1 aliphatic rings. The molecule has 1 fully saturated rings. The van der Waals surface area contributed by atoms with E-state index in [0.717, 1.165) is 13.1 Å². The van der Waals surface area contributed by atoms with Gasteiger partial charge in [0.05, 0.1) is 0 Å². The molecule has 0 saturated carbocycles. The summed E-state index contributed by atoms with van der Waals surface area (Å²) in [7, 11) is 0. The van der Waals surface area contributed by atoms with E-state index < -0.39 is 11.9 Å². The molecule has 2 aromatic rings. The molecule has 1 heterocycles. The quantitative estimate of drug-likeness (QED) is 0.670. The summed E-state index contributed by atoms with van der Waals surface area (Å²) in [5.74, 6) is -3.25. The average Bonchev–Trinajstić information content (AvgIpc) is 2.75. The number of hydrogen-bond acceptors (Lipinski definition) is 5. The largest absolute Gasteiger partial charge is 0.484 e. The fraction of sp³-hybridized carbons (Fsp3) is 0.286. The molecule has 3 rings (SSSR count). The number of carbonyl (C=O) groups excluding carboxylic acids is 1. The van der Waals surface area contributed by atoms with Crippen molar-refractivity contribution >= 4 is 29.4 Å². The maximum absolute atomic E-state index is 13.7. The van der Waals surface area contributed by atoms with Gasteiger partial charge in [-0.25, -0.2) is 14.0 Å². The van der Waals surface area contributed by atoms with Crippen LogP contribution in [0.2, 0.25) is 5.02 Å². The lowest BCUT2D eigenvalue weighted by atomic mass is 10.2. The van der Waals surface area contributed by atoms with E-state index in [-0.39, 0.29) is 18.3 Å². The van der Waals surface area contributed by atoms with Gasteiger partial charge in [-0.05, 0) is 30.3 Å². The first-order chi connectivity index (χ1) is 14.8. The van der Waals surface area contributed by atoms with Crippen LogP contribution in [-0.4, -0.2) is 70.6 Å². The van der Waals surface area contributed by atoms with Gasteiger partial charge in [0.25, 0.3) is 5.91 Å². The molecule has 0 bridgehead atoms. The third-order valence-electron chi connectivity index (χ3n) is 4.44. The van der Waals surface area contributed by atoms with Crippen molar-refractivity contribution in [3.05, 3.63) is 64.9 Å². The second kappa shape index (κ2) is 11.9. The van der Waals surface area contributed by atoms with Gasteiger partial charge >= 0.3 is 11.9 Å². The number of halogens is 2. The van der Waals surface area contributed by atoms with Crippen LogP contribution in [0.5, 0.6) is 5.75 Å². The summed E-state index contributed by atoms with van der Waals surface area (Å²) in [4.78, 5) is 34.4. The smallest absolute Gasteiger partial charge is 0.414 e. The number of rotatable bonds is 5. The zero-order valence-corrected chi connectivity index (χ0v) is 17.3. The molecule has 2 N–H and O–H groups in total. The Balaban J connectivity index is 0.000000501. The lowest BCUT2D eigenvalue weighted by Crippen LogP contribution is -2.49. The summed E-state index contributed by atoms with van der Waals surface area (Å²) in [6, 6.07) is 13.7. The van der Waals surface area contributed by atoms with E-state index in [1.54, 1.807) is 41.3 Å². The first-order valence-electron chi connectivity index (χ1n) is 9.34. The monoisotopic (exact) mass is 452 g/mol. The summed E-state index contributed by atoms with van der Waals surface area (Å²) < 4.78 is 19.2. The molecular formula is C21H22ClFN2O6. The van der Waals surface area contributed by atoms with Crippen LogP contribution in [0.1, 0.15) is 5.56 Å². The normalized spacial score (nSPS) is 13.7. The van der Waals surface area contributed by atoms with E-state index in [2.05, 4.69) is 4.90 Å². The summed E-state index contributed by atoms with van der Waals surface area (Å²) >= 11 is 5.82. The number of ether oxygens (including phenoxy) is 1. The standard InChI is InChI=1S/C19H20ClFN2O2.C2H2O4/c20-16-5-7-17(8-6-16)25-14-19(24)23-11-9-22(10-12-23)13-15-3-1-2-4-18(15)21;3-1(4)2(5)6/h1-8H,9-14H2;(H,3,4)(H,5,6). The van der Waals surface area contributed by atoms with Crippen molar-refractivity contribution in [2.24, 2.45) is 0 Å². The second-order valence-corrected chi connectivity index (χ2v) is 7.04. The molecule has 1 aliphatic heterocycles. The molecule has 1 saturated heterocycles. The molecular weight excluding hydrogens is 431 g/mol. The van der Waals surface area contributed by atoms with Crippen LogP contribution in [0, 0.1) is 5.82 Å². The number of amides is 1. The van der Waals surface area contributed by atoms with E-state index >= 15 is 0 Å². The van der Waals surface area contributed by atoms with E-state index in [1.165, 1.54) is 6.07 Å². The van der Waals surface area contributed by atoms with E-state index in [4.69, 9.17) is 36.1 Å². The Labute approximate surface area is 183 Å². The summed E-state index contributed by atoms with van der Waals surface area (Å²) in [5.41, 5.74) is 0.688. The van der Waals surface area contributed by atoms with Gasteiger partial charge in [0.15, 0.2) is 6.61 Å². The number of carboxylic acids is 2. The Bertz CT molecular complexity index is 889. The molecule has 0 unspecified atom stereocenters. The molecule has 31 heavy (non-hydrogen) atoms. The molecule has 0 spiro atoms. The highest BCUT2D eigenvalue weighted by Gasteiger charge is 2.22. The van der Waals surface area contributed by atoms with E-state index in [9.17, 15) is 9.18 Å². The summed E-state index contributed by atoms with van der Waals surface area (Å²) in [5, 5.41) is 15.4. The predicted molar refractivity (Wildman–Crippen MR) is 110 cm³/mol. The van der Waals surface area contributed by atoms with Gasteiger partial charge in [-0.15, -0.1) is 0 Å². The molecule has 0 aromatic heterocycles. The van der Waals surface area contributed by atoms with Crippen LogP contribution < -0.4 is 4.74 Å². The van der Waals surface area contributed by atoms with Crippen molar-refractivity contribution in [2.75, 3.05) is 32.8 Å². The number of benzene rings is 2. The van der Waals surface area contributed by atoms with Crippen LogP contribution in [-0.2, 0) is 20.9 Å². The Hall–Kier alpha value is -3.17. The zero-order chi connectivity index (χ0) is 22.8. The number of aliphatic carboxylic acids is 2. The maximum Gasteiger partial charge on any atom is 0.414 e. The Morgan fingerprint density at radius 3 is 2.06 bits per heavy atom. The van der Waals surface area contributed by atoms with Crippen molar-refractivity contribution in [3.8, 4) is 5.75 Å². The van der Waals surface area contributed by atoms with Gasteiger partial charge in [0.1, 0.15) is 11.6 Å². The third kappa shape index (κ3) is 8.23. The lowest BCUT2D eigenvalue weighted by molar-refractivity contribution is -0.159. The fourth-order valence-electron chi connectivity index (χ4n) is 2.79. The Morgan fingerprint density at radius 2 is 1.52 bits per heavy atom. The highest BCUT2D eigenvalue weighted by Crippen LogP contribution is 2.16. The van der Waals surface area contributed by atoms with Gasteiger partial charge in [-0.2, -0.15) is 0 Å². The molecule has 2 aromatic carbocycles. The number of carbonyl (C=O) groups is 3. The van der Waals surface area contributed by atoms with Gasteiger partial charge in [0, 0.05) is 43.3 Å². The molecule has 8 nitrogen and oxygen atoms in total. The molecule has 0 aliphatic carbocycles. The molecule has 0 radical (unpaired) electrons. The SMILES string of the molecule is O=C(COc1ccc(Cl)cc1)N1CCN(Cc2ccccc2F)CC1.O=C(O)C(=O)O. The van der Waals surface area contributed by atoms with Crippen molar-refractivity contribution in [3.63, 3.8) is 0 Å². The van der Waals surface area contributed by atoms with Crippen molar-refractivity contribution in [1.29, 1.82) is 0 Å². The first-order valence-corrected chi connectivity index (χ1v) is 9.72. The first kappa shape index (κ1) is 24.1. The molecule has 0 atom stereocenters. The second-order valence-electron chi connectivity index (χ2n) is 6.60. The highest BCUT2D eigenvalue weighted by molar-refractivity contribution is 6.30. The number of hydrogen-bond donors (Lipinski definition) is 2. The predicted octanol–water partition coefficient (Wildman–Crippen LogP) is 2.36. The molecule has 10 heteroatoms. The van der Waals surface area contributed by atoms with Gasteiger partial charge in [-0.1, -0.05) is 29.8 Å². The lowest BCUT2D eigenvalue weighted by Gasteiger charge is -2.34. The van der Waals surface area contributed by atoms with Crippen molar-refractivity contribution < 1.29 is 33.7 Å². The summed E-state index contributed by atoms with van der Waals surface area (Å²) in [6.07, 6.45) is 0. The van der Waals surface area contributed by atoms with Crippen molar-refractivity contribution in [2.45, 2.75) is 6.54 Å². The van der Waals surface area contributed by atoms with Gasteiger partial charge in [-0.3, -0.25) is 9.69 Å². The fourth-order valence-corrected chi connectivity index (χ4v) is 2.92. The summed E-state index contributed by atoms with van der Waals surface area (Å²) in [6.45, 7) is 3.27. The Kier molecular flexibility index (Phi) is 9.23. The minimum Gasteiger partial charge on any atom is -0.484 e. The topological polar surface area (TPSA) is 107 Å². The highest BCUT2D eigenvalue weighted by atomic mass is 35.5. The van der Waals surface area contributed by atoms with E-state index in [1.807, 2.05) is 6.07 Å². The minimum absolute atomic E-state index is 0.00887. The van der Waals surface area contributed by atoms with Crippen LogP contribution in [0.25, 0.3) is 0 Å². The van der Waals surface area contributed by atoms with E-state index in [0.29, 0.717) is 36.0 Å². The van der Waals surface area contributed by atoms with Gasteiger partial charge < -0.3 is 19.8 Å². The van der Waals surface area contributed by atoms with Crippen LogP contribution in [0.4, 0.5) is 4.39 Å².